The Morgan fingerprint density at radius 1 is 1.21 bits per heavy atom. The maximum atomic E-state index is 12.4. The van der Waals surface area contributed by atoms with E-state index in [0.29, 0.717) is 43.0 Å². The number of esters is 1. The number of ketones is 2. The highest BCUT2D eigenvalue weighted by molar-refractivity contribution is 5.94. The van der Waals surface area contributed by atoms with E-state index in [1.165, 1.54) is 12.5 Å². The Kier molecular flexibility index (Phi) is 3.52. The fourth-order valence-corrected chi connectivity index (χ4v) is 6.45. The lowest BCUT2D eigenvalue weighted by Crippen LogP contribution is -2.51. The Morgan fingerprint density at radius 2 is 2.00 bits per heavy atom. The third-order valence-electron chi connectivity index (χ3n) is 7.60. The zero-order chi connectivity index (χ0) is 17.1. The average Bonchev–Trinajstić information content (AvgIpc) is 3.02. The molecule has 3 fully saturated rings. The molecule has 0 aromatic heterocycles. The van der Waals surface area contributed by atoms with E-state index in [1.54, 1.807) is 0 Å². The van der Waals surface area contributed by atoms with Crippen LogP contribution < -0.4 is 0 Å². The van der Waals surface area contributed by atoms with Crippen LogP contribution in [-0.4, -0.2) is 24.1 Å². The predicted molar refractivity (Wildman–Crippen MR) is 88.1 cm³/mol. The van der Waals surface area contributed by atoms with Gasteiger partial charge in [-0.15, -0.1) is 0 Å². The number of fused-ring (bicyclic) bond motifs is 5. The molecule has 0 radical (unpaired) electrons. The Labute approximate surface area is 143 Å². The molecule has 24 heavy (non-hydrogen) atoms. The van der Waals surface area contributed by atoms with Crippen molar-refractivity contribution in [2.75, 3.05) is 6.61 Å². The van der Waals surface area contributed by atoms with Gasteiger partial charge < -0.3 is 4.74 Å². The Bertz CT molecular complexity index is 648. The molecule has 0 amide bonds. The summed E-state index contributed by atoms with van der Waals surface area (Å²) in [6, 6.07) is 0. The minimum atomic E-state index is -0.293. The number of carbonyl (C=O) groups excluding carboxylic acids is 3. The normalized spacial score (nSPS) is 43.8. The van der Waals surface area contributed by atoms with E-state index in [9.17, 15) is 14.4 Å². The van der Waals surface area contributed by atoms with Crippen molar-refractivity contribution in [2.24, 2.45) is 28.6 Å². The number of carbonyl (C=O) groups is 3. The molecule has 0 N–H and O–H groups in total. The third kappa shape index (κ3) is 2.07. The van der Waals surface area contributed by atoms with Gasteiger partial charge in [-0.3, -0.25) is 14.4 Å². The monoisotopic (exact) mass is 330 g/mol. The third-order valence-corrected chi connectivity index (χ3v) is 7.60. The summed E-state index contributed by atoms with van der Waals surface area (Å²) in [6.45, 7) is 3.93. The minimum absolute atomic E-state index is 0.159. The molecule has 4 aliphatic rings. The van der Waals surface area contributed by atoms with E-state index < -0.39 is 0 Å². The zero-order valence-electron chi connectivity index (χ0n) is 14.6. The lowest BCUT2D eigenvalue weighted by atomic mass is 9.49. The van der Waals surface area contributed by atoms with E-state index in [2.05, 4.69) is 6.92 Å². The van der Waals surface area contributed by atoms with Gasteiger partial charge in [0.25, 0.3) is 0 Å². The van der Waals surface area contributed by atoms with Crippen molar-refractivity contribution in [2.45, 2.75) is 58.8 Å². The molecule has 4 nitrogen and oxygen atoms in total. The van der Waals surface area contributed by atoms with Gasteiger partial charge in [0.15, 0.2) is 5.78 Å². The Hall–Kier alpha value is -1.45. The van der Waals surface area contributed by atoms with Crippen molar-refractivity contribution in [1.82, 2.24) is 0 Å². The van der Waals surface area contributed by atoms with E-state index in [4.69, 9.17) is 4.74 Å². The van der Waals surface area contributed by atoms with Crippen LogP contribution in [0.15, 0.2) is 11.6 Å². The van der Waals surface area contributed by atoms with Crippen molar-refractivity contribution in [3.05, 3.63) is 11.6 Å². The van der Waals surface area contributed by atoms with Crippen LogP contribution in [0, 0.1) is 28.6 Å². The van der Waals surface area contributed by atoms with Crippen molar-refractivity contribution in [3.63, 3.8) is 0 Å². The van der Waals surface area contributed by atoms with Gasteiger partial charge in [0.1, 0.15) is 12.4 Å². The second-order valence-electron chi connectivity index (χ2n) is 8.58. The second kappa shape index (κ2) is 5.27. The molecule has 0 heterocycles. The number of hydrogen-bond donors (Lipinski definition) is 0. The van der Waals surface area contributed by atoms with Crippen LogP contribution in [0.25, 0.3) is 0 Å². The van der Waals surface area contributed by atoms with E-state index in [1.807, 2.05) is 6.08 Å². The summed E-state index contributed by atoms with van der Waals surface area (Å²) in [5.41, 5.74) is 0.745. The second-order valence-corrected chi connectivity index (χ2v) is 8.58. The first-order valence-electron chi connectivity index (χ1n) is 9.27. The van der Waals surface area contributed by atoms with E-state index in [0.717, 1.165) is 32.1 Å². The fraction of sp³-hybridized carbons (Fsp3) is 0.750. The number of ether oxygens (including phenoxy) is 1. The summed E-state index contributed by atoms with van der Waals surface area (Å²) in [7, 11) is 0. The van der Waals surface area contributed by atoms with Gasteiger partial charge in [0, 0.05) is 30.6 Å². The first-order valence-corrected chi connectivity index (χ1v) is 9.27. The van der Waals surface area contributed by atoms with Crippen molar-refractivity contribution >= 4 is 17.5 Å². The highest BCUT2D eigenvalue weighted by atomic mass is 16.5. The van der Waals surface area contributed by atoms with Gasteiger partial charge >= 0.3 is 5.97 Å². The van der Waals surface area contributed by atoms with Gasteiger partial charge in [-0.05, 0) is 55.9 Å². The van der Waals surface area contributed by atoms with Crippen molar-refractivity contribution in [1.29, 1.82) is 0 Å². The highest BCUT2D eigenvalue weighted by Crippen LogP contribution is 2.64. The standard InChI is InChI=1S/C20H26O4/c1-12(21)24-11-20-10-14(22)9-13(20)3-4-15-16-5-6-18(23)19(16,2)8-7-17(15)20/h9,15-17H,3-8,10-11H2,1-2H3/t15-,16-,17-,19-,20+/m0/s1. The number of hydrogen-bond acceptors (Lipinski definition) is 4. The molecule has 0 aromatic carbocycles. The number of rotatable bonds is 2. The van der Waals surface area contributed by atoms with Crippen LogP contribution in [0.2, 0.25) is 0 Å². The summed E-state index contributed by atoms with van der Waals surface area (Å²) in [5, 5.41) is 0. The summed E-state index contributed by atoms with van der Waals surface area (Å²) >= 11 is 0. The molecule has 5 atom stereocenters. The lowest BCUT2D eigenvalue weighted by Gasteiger charge is -2.55. The molecule has 130 valence electrons. The molecule has 0 bridgehead atoms. The summed E-state index contributed by atoms with van der Waals surface area (Å²) in [6.07, 6.45) is 7.86. The molecule has 0 saturated heterocycles. The molecule has 0 unspecified atom stereocenters. The highest BCUT2D eigenvalue weighted by Gasteiger charge is 2.61. The van der Waals surface area contributed by atoms with E-state index in [-0.39, 0.29) is 22.6 Å². The molecule has 4 aliphatic carbocycles. The molecular weight excluding hydrogens is 304 g/mol. The van der Waals surface area contributed by atoms with Crippen LogP contribution in [0.1, 0.15) is 58.8 Å². The van der Waals surface area contributed by atoms with Crippen molar-refractivity contribution in [3.8, 4) is 0 Å². The van der Waals surface area contributed by atoms with E-state index >= 15 is 0 Å². The summed E-state index contributed by atoms with van der Waals surface area (Å²) in [4.78, 5) is 36.1. The SMILES string of the molecule is CC(=O)OC[C@]12CC(=O)C=C1CC[C@@H]1[C@@H]2CC[C@]2(C)C(=O)CC[C@@H]12. The molecular formula is C20H26O4. The minimum Gasteiger partial charge on any atom is -0.465 e. The van der Waals surface area contributed by atoms with Gasteiger partial charge in [-0.1, -0.05) is 12.5 Å². The molecule has 3 saturated carbocycles. The van der Waals surface area contributed by atoms with Gasteiger partial charge in [0.2, 0.25) is 0 Å². The average molecular weight is 330 g/mol. The summed E-state index contributed by atoms with van der Waals surface area (Å²) in [5.74, 6) is 1.62. The quantitative estimate of drug-likeness (QED) is 0.729. The molecule has 0 aliphatic heterocycles. The van der Waals surface area contributed by atoms with Gasteiger partial charge in [-0.2, -0.15) is 0 Å². The zero-order valence-corrected chi connectivity index (χ0v) is 14.6. The lowest BCUT2D eigenvalue weighted by molar-refractivity contribution is -0.150. The van der Waals surface area contributed by atoms with Crippen LogP contribution in [-0.2, 0) is 19.1 Å². The number of Topliss-reactive ketones (excluding diaryl/α,β-unsaturated/α-hetero) is 1. The van der Waals surface area contributed by atoms with Crippen molar-refractivity contribution < 1.29 is 19.1 Å². The predicted octanol–water partition coefficient (Wildman–Crippen LogP) is 3.24. The molecule has 0 spiro atoms. The maximum Gasteiger partial charge on any atom is 0.302 e. The van der Waals surface area contributed by atoms with Gasteiger partial charge in [-0.25, -0.2) is 0 Å². The molecule has 4 rings (SSSR count). The maximum absolute atomic E-state index is 12.4. The molecule has 0 aromatic rings. The smallest absolute Gasteiger partial charge is 0.302 e. The number of allylic oxidation sites excluding steroid dienone is 1. The van der Waals surface area contributed by atoms with Crippen LogP contribution in [0.4, 0.5) is 0 Å². The fourth-order valence-electron chi connectivity index (χ4n) is 6.45. The van der Waals surface area contributed by atoms with Crippen LogP contribution in [0.5, 0.6) is 0 Å². The first-order chi connectivity index (χ1) is 11.4. The van der Waals surface area contributed by atoms with Crippen LogP contribution in [0.3, 0.4) is 0 Å². The van der Waals surface area contributed by atoms with Crippen LogP contribution >= 0.6 is 0 Å². The Morgan fingerprint density at radius 3 is 2.75 bits per heavy atom. The Balaban J connectivity index is 1.69. The molecule has 4 heteroatoms. The summed E-state index contributed by atoms with van der Waals surface area (Å²) < 4.78 is 5.44. The van der Waals surface area contributed by atoms with Gasteiger partial charge in [0.05, 0.1) is 0 Å². The largest absolute Gasteiger partial charge is 0.465 e. The first kappa shape index (κ1) is 16.0. The topological polar surface area (TPSA) is 60.4 Å².